The largest absolute Gasteiger partial charge is 0.380 e. The molecule has 0 aliphatic carbocycles. The monoisotopic (exact) mass is 352 g/mol. The number of ether oxygens (including phenoxy) is 1. The van der Waals surface area contributed by atoms with Gasteiger partial charge < -0.3 is 14.5 Å². The van der Waals surface area contributed by atoms with Crippen molar-refractivity contribution in [3.8, 4) is 0 Å². The van der Waals surface area contributed by atoms with Gasteiger partial charge in [-0.1, -0.05) is 12.1 Å². The zero-order valence-corrected chi connectivity index (χ0v) is 15.1. The summed E-state index contributed by atoms with van der Waals surface area (Å²) >= 11 is 0. The Morgan fingerprint density at radius 2 is 2.00 bits per heavy atom. The third kappa shape index (κ3) is 3.29. The zero-order chi connectivity index (χ0) is 18.0. The number of piperidine rings is 1. The Labute approximate surface area is 153 Å². The standard InChI is InChI=1S/C20H24N4O2/c1-26-11-16-3-5-17(6-4-16)19(25)23-10-2-8-20(12-23)13-24(14-20)18-7-9-21-15-22-18/h3-7,9,15H,2,8,10-14H2,1H3. The summed E-state index contributed by atoms with van der Waals surface area (Å²) in [6, 6.07) is 9.70. The van der Waals surface area contributed by atoms with E-state index in [0.717, 1.165) is 49.5 Å². The van der Waals surface area contributed by atoms with Gasteiger partial charge in [-0.25, -0.2) is 9.97 Å². The number of methoxy groups -OCH3 is 1. The maximum Gasteiger partial charge on any atom is 0.253 e. The summed E-state index contributed by atoms with van der Waals surface area (Å²) in [4.78, 5) is 25.5. The molecule has 1 spiro atoms. The molecule has 1 aromatic heterocycles. The van der Waals surface area contributed by atoms with Crippen LogP contribution in [0.25, 0.3) is 0 Å². The Bertz CT molecular complexity index is 757. The minimum absolute atomic E-state index is 0.133. The average molecular weight is 352 g/mol. The minimum Gasteiger partial charge on any atom is -0.380 e. The first kappa shape index (κ1) is 17.0. The molecule has 2 aromatic rings. The second-order valence-electron chi connectivity index (χ2n) is 7.38. The smallest absolute Gasteiger partial charge is 0.253 e. The second kappa shape index (κ2) is 7.03. The van der Waals surface area contributed by atoms with Crippen molar-refractivity contribution in [3.63, 3.8) is 0 Å². The third-order valence-corrected chi connectivity index (χ3v) is 5.40. The Kier molecular flexibility index (Phi) is 4.59. The van der Waals surface area contributed by atoms with Gasteiger partial charge in [-0.3, -0.25) is 4.79 Å². The van der Waals surface area contributed by atoms with Crippen LogP contribution in [0.15, 0.2) is 42.9 Å². The number of likely N-dealkylation sites (tertiary alicyclic amines) is 1. The zero-order valence-electron chi connectivity index (χ0n) is 15.1. The number of amides is 1. The van der Waals surface area contributed by atoms with Crippen LogP contribution in [0.2, 0.25) is 0 Å². The van der Waals surface area contributed by atoms with E-state index in [9.17, 15) is 4.79 Å². The van der Waals surface area contributed by atoms with Gasteiger partial charge in [0.15, 0.2) is 0 Å². The fourth-order valence-electron chi connectivity index (χ4n) is 4.13. The fourth-order valence-corrected chi connectivity index (χ4v) is 4.13. The molecule has 0 N–H and O–H groups in total. The van der Waals surface area contributed by atoms with Gasteiger partial charge in [0, 0.05) is 50.5 Å². The van der Waals surface area contributed by atoms with Crippen molar-refractivity contribution in [1.82, 2.24) is 14.9 Å². The lowest BCUT2D eigenvalue weighted by atomic mass is 9.73. The number of anilines is 1. The summed E-state index contributed by atoms with van der Waals surface area (Å²) in [5.41, 5.74) is 2.04. The lowest BCUT2D eigenvalue weighted by molar-refractivity contribution is 0.0417. The molecule has 0 saturated carbocycles. The quantitative estimate of drug-likeness (QED) is 0.845. The molecule has 6 nitrogen and oxygen atoms in total. The fraction of sp³-hybridized carbons (Fsp3) is 0.450. The minimum atomic E-state index is 0.133. The first-order valence-corrected chi connectivity index (χ1v) is 9.07. The van der Waals surface area contributed by atoms with E-state index in [2.05, 4.69) is 14.9 Å². The lowest BCUT2D eigenvalue weighted by Crippen LogP contribution is -2.63. The molecule has 6 heteroatoms. The second-order valence-corrected chi connectivity index (χ2v) is 7.38. The van der Waals surface area contributed by atoms with E-state index in [1.165, 1.54) is 6.42 Å². The van der Waals surface area contributed by atoms with Crippen molar-refractivity contribution in [2.75, 3.05) is 38.2 Å². The summed E-state index contributed by atoms with van der Waals surface area (Å²) in [6.45, 7) is 4.16. The van der Waals surface area contributed by atoms with E-state index in [1.54, 1.807) is 19.6 Å². The normalized spacial score (nSPS) is 18.7. The molecule has 4 rings (SSSR count). The van der Waals surface area contributed by atoms with Crippen LogP contribution in [0, 0.1) is 5.41 Å². The number of carbonyl (C=O) groups excluding carboxylic acids is 1. The van der Waals surface area contributed by atoms with E-state index in [4.69, 9.17) is 4.74 Å². The molecule has 1 amide bonds. The van der Waals surface area contributed by atoms with Gasteiger partial charge >= 0.3 is 0 Å². The first-order valence-electron chi connectivity index (χ1n) is 9.07. The van der Waals surface area contributed by atoms with E-state index >= 15 is 0 Å². The summed E-state index contributed by atoms with van der Waals surface area (Å²) in [6.07, 6.45) is 5.60. The van der Waals surface area contributed by atoms with Crippen LogP contribution < -0.4 is 4.90 Å². The highest BCUT2D eigenvalue weighted by Gasteiger charge is 2.47. The van der Waals surface area contributed by atoms with Crippen LogP contribution in [0.3, 0.4) is 0 Å². The van der Waals surface area contributed by atoms with Crippen LogP contribution in [0.4, 0.5) is 5.82 Å². The van der Waals surface area contributed by atoms with Gasteiger partial charge in [0.05, 0.1) is 6.61 Å². The van der Waals surface area contributed by atoms with Gasteiger partial charge in [-0.2, -0.15) is 0 Å². The van der Waals surface area contributed by atoms with E-state index < -0.39 is 0 Å². The molecule has 26 heavy (non-hydrogen) atoms. The summed E-state index contributed by atoms with van der Waals surface area (Å²) in [7, 11) is 1.68. The van der Waals surface area contributed by atoms with Gasteiger partial charge in [0.25, 0.3) is 5.91 Å². The molecule has 2 saturated heterocycles. The van der Waals surface area contributed by atoms with Crippen molar-refractivity contribution in [3.05, 3.63) is 54.0 Å². The Balaban J connectivity index is 1.40. The molecule has 0 radical (unpaired) electrons. The molecule has 2 fully saturated rings. The highest BCUT2D eigenvalue weighted by molar-refractivity contribution is 5.94. The molecule has 2 aliphatic heterocycles. The highest BCUT2D eigenvalue weighted by atomic mass is 16.5. The molecule has 2 aliphatic rings. The van der Waals surface area contributed by atoms with Crippen LogP contribution in [-0.2, 0) is 11.3 Å². The van der Waals surface area contributed by atoms with Crippen molar-refractivity contribution in [2.24, 2.45) is 5.41 Å². The lowest BCUT2D eigenvalue weighted by Gasteiger charge is -2.55. The van der Waals surface area contributed by atoms with E-state index in [-0.39, 0.29) is 11.3 Å². The highest BCUT2D eigenvalue weighted by Crippen LogP contribution is 2.40. The number of benzene rings is 1. The third-order valence-electron chi connectivity index (χ3n) is 5.40. The molecular formula is C20H24N4O2. The Morgan fingerprint density at radius 3 is 2.69 bits per heavy atom. The van der Waals surface area contributed by atoms with Crippen LogP contribution in [-0.4, -0.2) is 54.1 Å². The molecule has 136 valence electrons. The molecule has 0 unspecified atom stereocenters. The first-order chi connectivity index (χ1) is 12.7. The topological polar surface area (TPSA) is 58.6 Å². The van der Waals surface area contributed by atoms with Crippen molar-refractivity contribution < 1.29 is 9.53 Å². The predicted octanol–water partition coefficient (Wildman–Crippen LogP) is 2.37. The maximum absolute atomic E-state index is 12.9. The molecule has 0 bridgehead atoms. The predicted molar refractivity (Wildman–Crippen MR) is 99.0 cm³/mol. The van der Waals surface area contributed by atoms with E-state index in [0.29, 0.717) is 6.61 Å². The Hall–Kier alpha value is -2.47. The average Bonchev–Trinajstić information content (AvgIpc) is 2.67. The summed E-state index contributed by atoms with van der Waals surface area (Å²) in [5.74, 6) is 1.11. The summed E-state index contributed by atoms with van der Waals surface area (Å²) in [5, 5.41) is 0. The molecular weight excluding hydrogens is 328 g/mol. The molecule has 1 aromatic carbocycles. The van der Waals surface area contributed by atoms with Gasteiger partial charge in [0.1, 0.15) is 12.1 Å². The van der Waals surface area contributed by atoms with Gasteiger partial charge in [-0.05, 0) is 36.6 Å². The number of carbonyl (C=O) groups is 1. The van der Waals surface area contributed by atoms with E-state index in [1.807, 2.05) is 35.2 Å². The SMILES string of the molecule is COCc1ccc(C(=O)N2CCCC3(C2)CN(c2ccncn2)C3)cc1. The number of aromatic nitrogens is 2. The Morgan fingerprint density at radius 1 is 1.19 bits per heavy atom. The van der Waals surface area contributed by atoms with Crippen LogP contribution in [0.1, 0.15) is 28.8 Å². The van der Waals surface area contributed by atoms with Crippen LogP contribution in [0.5, 0.6) is 0 Å². The van der Waals surface area contributed by atoms with Crippen molar-refractivity contribution in [1.29, 1.82) is 0 Å². The van der Waals surface area contributed by atoms with Crippen molar-refractivity contribution >= 4 is 11.7 Å². The van der Waals surface area contributed by atoms with Gasteiger partial charge in [0.2, 0.25) is 0 Å². The summed E-state index contributed by atoms with van der Waals surface area (Å²) < 4.78 is 5.13. The number of rotatable bonds is 4. The van der Waals surface area contributed by atoms with Gasteiger partial charge in [-0.15, -0.1) is 0 Å². The molecule has 3 heterocycles. The number of hydrogen-bond donors (Lipinski definition) is 0. The number of hydrogen-bond acceptors (Lipinski definition) is 5. The van der Waals surface area contributed by atoms with Crippen molar-refractivity contribution in [2.45, 2.75) is 19.4 Å². The van der Waals surface area contributed by atoms with Crippen LogP contribution >= 0.6 is 0 Å². The number of nitrogens with zero attached hydrogens (tertiary/aromatic N) is 4. The maximum atomic E-state index is 12.9. The molecule has 0 atom stereocenters.